The number of hydrogen-bond acceptors (Lipinski definition) is 3. The first kappa shape index (κ1) is 12.5. The standard InChI is InChI=1S/C11H23N3O/c1-11(13,10(12)15)6-5-9-14-7-3-2-4-8-14/h2-9,13H2,1H3,(H2,12,15). The second kappa shape index (κ2) is 5.47. The lowest BCUT2D eigenvalue weighted by atomic mass is 9.96. The fourth-order valence-electron chi connectivity index (χ4n) is 1.98. The fraction of sp³-hybridized carbons (Fsp3) is 0.909. The van der Waals surface area contributed by atoms with E-state index in [9.17, 15) is 4.79 Å². The van der Waals surface area contributed by atoms with Gasteiger partial charge in [0.25, 0.3) is 0 Å². The molecule has 1 saturated heterocycles. The number of primary amides is 1. The Hall–Kier alpha value is -0.610. The van der Waals surface area contributed by atoms with Crippen LogP contribution < -0.4 is 11.5 Å². The lowest BCUT2D eigenvalue weighted by Crippen LogP contribution is -2.49. The van der Waals surface area contributed by atoms with Gasteiger partial charge in [-0.05, 0) is 52.2 Å². The average Bonchev–Trinajstić information content (AvgIpc) is 2.19. The van der Waals surface area contributed by atoms with Crippen molar-refractivity contribution in [2.75, 3.05) is 19.6 Å². The summed E-state index contributed by atoms with van der Waals surface area (Å²) in [6.45, 7) is 5.14. The highest BCUT2D eigenvalue weighted by Gasteiger charge is 2.25. The smallest absolute Gasteiger partial charge is 0.237 e. The highest BCUT2D eigenvalue weighted by atomic mass is 16.1. The van der Waals surface area contributed by atoms with Gasteiger partial charge in [-0.15, -0.1) is 0 Å². The molecule has 4 nitrogen and oxygen atoms in total. The topological polar surface area (TPSA) is 72.3 Å². The first-order valence-corrected chi connectivity index (χ1v) is 5.83. The molecule has 0 aromatic rings. The summed E-state index contributed by atoms with van der Waals surface area (Å²) in [5, 5.41) is 0. The molecule has 0 radical (unpaired) electrons. The van der Waals surface area contributed by atoms with Crippen molar-refractivity contribution >= 4 is 5.91 Å². The Morgan fingerprint density at radius 1 is 1.33 bits per heavy atom. The summed E-state index contributed by atoms with van der Waals surface area (Å²) in [5.74, 6) is -0.402. The molecule has 1 atom stereocenters. The van der Waals surface area contributed by atoms with Crippen molar-refractivity contribution < 1.29 is 4.79 Å². The number of carbonyl (C=O) groups is 1. The molecule has 1 rings (SSSR count). The van der Waals surface area contributed by atoms with Crippen LogP contribution in [0.15, 0.2) is 0 Å². The van der Waals surface area contributed by atoms with Crippen LogP contribution in [0.4, 0.5) is 0 Å². The van der Waals surface area contributed by atoms with E-state index in [-0.39, 0.29) is 0 Å². The maximum Gasteiger partial charge on any atom is 0.237 e. The summed E-state index contributed by atoms with van der Waals surface area (Å²) in [5.41, 5.74) is 10.2. The summed E-state index contributed by atoms with van der Waals surface area (Å²) in [6, 6.07) is 0. The second-order valence-electron chi connectivity index (χ2n) is 4.79. The van der Waals surface area contributed by atoms with Gasteiger partial charge in [-0.3, -0.25) is 4.79 Å². The number of rotatable bonds is 5. The number of amides is 1. The summed E-state index contributed by atoms with van der Waals surface area (Å²) >= 11 is 0. The van der Waals surface area contributed by atoms with E-state index in [1.165, 1.54) is 32.4 Å². The largest absolute Gasteiger partial charge is 0.368 e. The van der Waals surface area contributed by atoms with Gasteiger partial charge < -0.3 is 16.4 Å². The molecule has 1 unspecified atom stereocenters. The molecule has 1 amide bonds. The zero-order valence-electron chi connectivity index (χ0n) is 9.67. The van der Waals surface area contributed by atoms with E-state index in [0.29, 0.717) is 6.42 Å². The summed E-state index contributed by atoms with van der Waals surface area (Å²) in [4.78, 5) is 13.4. The van der Waals surface area contributed by atoms with Crippen LogP contribution in [0.2, 0.25) is 0 Å². The zero-order valence-corrected chi connectivity index (χ0v) is 9.67. The van der Waals surface area contributed by atoms with Gasteiger partial charge in [-0.1, -0.05) is 6.42 Å². The Labute approximate surface area is 92.0 Å². The molecule has 0 saturated carbocycles. The Morgan fingerprint density at radius 2 is 1.93 bits per heavy atom. The minimum atomic E-state index is -0.838. The Bertz CT molecular complexity index is 210. The van der Waals surface area contributed by atoms with Gasteiger partial charge in [0, 0.05) is 0 Å². The predicted octanol–water partition coefficient (Wildman–Crippen LogP) is 0.455. The highest BCUT2D eigenvalue weighted by Crippen LogP contribution is 2.12. The molecule has 0 spiro atoms. The molecule has 0 aromatic heterocycles. The molecule has 1 heterocycles. The highest BCUT2D eigenvalue weighted by molar-refractivity contribution is 5.83. The molecule has 4 heteroatoms. The van der Waals surface area contributed by atoms with Gasteiger partial charge in [0.15, 0.2) is 0 Å². The molecule has 4 N–H and O–H groups in total. The molecule has 0 bridgehead atoms. The van der Waals surface area contributed by atoms with Crippen molar-refractivity contribution in [1.82, 2.24) is 4.90 Å². The van der Waals surface area contributed by atoms with E-state index in [1.54, 1.807) is 6.92 Å². The van der Waals surface area contributed by atoms with Gasteiger partial charge in [0.1, 0.15) is 0 Å². The normalized spacial score (nSPS) is 22.3. The maximum absolute atomic E-state index is 11.0. The number of nitrogens with two attached hydrogens (primary N) is 2. The fourth-order valence-corrected chi connectivity index (χ4v) is 1.98. The van der Waals surface area contributed by atoms with Crippen LogP contribution in [-0.4, -0.2) is 36.0 Å². The number of piperidine rings is 1. The van der Waals surface area contributed by atoms with Crippen molar-refractivity contribution in [1.29, 1.82) is 0 Å². The first-order chi connectivity index (χ1) is 7.02. The van der Waals surface area contributed by atoms with Crippen LogP contribution in [-0.2, 0) is 4.79 Å². The molecule has 0 aromatic carbocycles. The van der Waals surface area contributed by atoms with Gasteiger partial charge in [0.05, 0.1) is 5.54 Å². The van der Waals surface area contributed by atoms with Crippen LogP contribution in [0.3, 0.4) is 0 Å². The summed E-state index contributed by atoms with van der Waals surface area (Å²) < 4.78 is 0. The number of carbonyl (C=O) groups excluding carboxylic acids is 1. The Balaban J connectivity index is 2.17. The predicted molar refractivity (Wildman–Crippen MR) is 61.3 cm³/mol. The van der Waals surface area contributed by atoms with Crippen LogP contribution >= 0.6 is 0 Å². The van der Waals surface area contributed by atoms with E-state index in [0.717, 1.165) is 13.0 Å². The third-order valence-electron chi connectivity index (χ3n) is 3.18. The van der Waals surface area contributed by atoms with Crippen molar-refractivity contribution in [3.05, 3.63) is 0 Å². The van der Waals surface area contributed by atoms with Crippen molar-refractivity contribution in [2.24, 2.45) is 11.5 Å². The minimum Gasteiger partial charge on any atom is -0.368 e. The lowest BCUT2D eigenvalue weighted by molar-refractivity contribution is -0.122. The third-order valence-corrected chi connectivity index (χ3v) is 3.18. The maximum atomic E-state index is 11.0. The van der Waals surface area contributed by atoms with E-state index in [4.69, 9.17) is 11.5 Å². The van der Waals surface area contributed by atoms with Crippen LogP contribution in [0.5, 0.6) is 0 Å². The third kappa shape index (κ3) is 4.18. The zero-order chi connectivity index (χ0) is 11.3. The molecule has 88 valence electrons. The van der Waals surface area contributed by atoms with Gasteiger partial charge in [-0.2, -0.15) is 0 Å². The molecular weight excluding hydrogens is 190 g/mol. The summed E-state index contributed by atoms with van der Waals surface area (Å²) in [7, 11) is 0. The summed E-state index contributed by atoms with van der Waals surface area (Å²) in [6.07, 6.45) is 5.59. The molecule has 1 fully saturated rings. The SMILES string of the molecule is CC(N)(CCCN1CCCCC1)C(N)=O. The van der Waals surface area contributed by atoms with E-state index in [1.807, 2.05) is 0 Å². The second-order valence-corrected chi connectivity index (χ2v) is 4.79. The average molecular weight is 213 g/mol. The van der Waals surface area contributed by atoms with E-state index >= 15 is 0 Å². The van der Waals surface area contributed by atoms with Crippen LogP contribution in [0.1, 0.15) is 39.0 Å². The van der Waals surface area contributed by atoms with Crippen molar-refractivity contribution in [3.63, 3.8) is 0 Å². The monoisotopic (exact) mass is 213 g/mol. The van der Waals surface area contributed by atoms with Crippen LogP contribution in [0, 0.1) is 0 Å². The van der Waals surface area contributed by atoms with Crippen LogP contribution in [0.25, 0.3) is 0 Å². The van der Waals surface area contributed by atoms with Gasteiger partial charge in [-0.25, -0.2) is 0 Å². The van der Waals surface area contributed by atoms with Crippen molar-refractivity contribution in [2.45, 2.75) is 44.6 Å². The number of nitrogens with zero attached hydrogens (tertiary/aromatic N) is 1. The number of hydrogen-bond donors (Lipinski definition) is 2. The molecule has 1 aliphatic rings. The van der Waals surface area contributed by atoms with E-state index in [2.05, 4.69) is 4.90 Å². The molecular formula is C11H23N3O. The molecule has 0 aliphatic carbocycles. The van der Waals surface area contributed by atoms with Crippen molar-refractivity contribution in [3.8, 4) is 0 Å². The lowest BCUT2D eigenvalue weighted by Gasteiger charge is -2.28. The Morgan fingerprint density at radius 3 is 2.47 bits per heavy atom. The number of likely N-dealkylation sites (tertiary alicyclic amines) is 1. The van der Waals surface area contributed by atoms with Gasteiger partial charge >= 0.3 is 0 Å². The minimum absolute atomic E-state index is 0.402. The molecule has 1 aliphatic heterocycles. The van der Waals surface area contributed by atoms with Gasteiger partial charge in [0.2, 0.25) is 5.91 Å². The molecule has 15 heavy (non-hydrogen) atoms. The first-order valence-electron chi connectivity index (χ1n) is 5.83. The Kier molecular flexibility index (Phi) is 4.54. The quantitative estimate of drug-likeness (QED) is 0.696. The van der Waals surface area contributed by atoms with E-state index < -0.39 is 11.4 Å².